The van der Waals surface area contributed by atoms with E-state index in [0.717, 1.165) is 24.5 Å². The van der Waals surface area contributed by atoms with Gasteiger partial charge in [-0.1, -0.05) is 0 Å². The molecule has 1 rings (SSSR count). The Bertz CT molecular complexity index is 335. The molecule has 0 saturated heterocycles. The molecule has 0 atom stereocenters. The van der Waals surface area contributed by atoms with Gasteiger partial charge < -0.3 is 10.6 Å². The minimum Gasteiger partial charge on any atom is -0.388 e. The molecule has 4 heteroatoms. The molecule has 4 nitrogen and oxygen atoms in total. The van der Waals surface area contributed by atoms with E-state index in [1.807, 2.05) is 19.1 Å². The largest absolute Gasteiger partial charge is 0.388 e. The first-order valence-electron chi connectivity index (χ1n) is 5.14. The number of nitrogens with two attached hydrogens (primary N) is 1. The van der Waals surface area contributed by atoms with E-state index in [4.69, 9.17) is 11.1 Å². The van der Waals surface area contributed by atoms with Crippen LogP contribution in [0.3, 0.4) is 0 Å². The van der Waals surface area contributed by atoms with E-state index in [1.54, 1.807) is 6.20 Å². The van der Waals surface area contributed by atoms with Gasteiger partial charge in [0.2, 0.25) is 0 Å². The normalized spacial score (nSPS) is 10.0. The fraction of sp³-hybridized carbons (Fsp3) is 0.455. The highest BCUT2D eigenvalue weighted by atomic mass is 15.1. The van der Waals surface area contributed by atoms with Crippen LogP contribution in [0.25, 0.3) is 0 Å². The number of hydrogen-bond acceptors (Lipinski definition) is 3. The summed E-state index contributed by atoms with van der Waals surface area (Å²) in [7, 11) is 0. The molecular weight excluding hydrogens is 188 g/mol. The Balaban J connectivity index is 2.69. The molecule has 0 aliphatic heterocycles. The van der Waals surface area contributed by atoms with Gasteiger partial charge in [-0.15, -0.1) is 0 Å². The second-order valence-corrected chi connectivity index (χ2v) is 3.51. The number of nitrogens with zero attached hydrogens (tertiary/aromatic N) is 2. The van der Waals surface area contributed by atoms with Gasteiger partial charge in [0.25, 0.3) is 0 Å². The summed E-state index contributed by atoms with van der Waals surface area (Å²) in [6.07, 6.45) is 2.41. The fourth-order valence-corrected chi connectivity index (χ4v) is 1.45. The van der Waals surface area contributed by atoms with Crippen molar-refractivity contribution in [2.75, 3.05) is 18.0 Å². The third kappa shape index (κ3) is 3.58. The minimum absolute atomic E-state index is 0.235. The van der Waals surface area contributed by atoms with Crippen molar-refractivity contribution < 1.29 is 0 Å². The standard InChI is InChI=1S/C11H18N4/c1-3-15(7-5-11(12)13)10-4-6-14-9(2)8-10/h4,6,8H,3,5,7H2,1-2H3,(H3,12,13). The molecule has 0 aromatic carbocycles. The molecule has 1 heterocycles. The van der Waals surface area contributed by atoms with Gasteiger partial charge in [-0.3, -0.25) is 10.4 Å². The lowest BCUT2D eigenvalue weighted by atomic mass is 10.2. The summed E-state index contributed by atoms with van der Waals surface area (Å²) in [5.74, 6) is 0.235. The summed E-state index contributed by atoms with van der Waals surface area (Å²) >= 11 is 0. The van der Waals surface area contributed by atoms with Gasteiger partial charge in [-0.25, -0.2) is 0 Å². The lowest BCUT2D eigenvalue weighted by Crippen LogP contribution is -2.27. The van der Waals surface area contributed by atoms with E-state index in [1.165, 1.54) is 0 Å². The topological polar surface area (TPSA) is 66.0 Å². The van der Waals surface area contributed by atoms with Crippen molar-refractivity contribution in [1.82, 2.24) is 4.98 Å². The Morgan fingerprint density at radius 1 is 1.60 bits per heavy atom. The van der Waals surface area contributed by atoms with Crippen molar-refractivity contribution in [2.45, 2.75) is 20.3 Å². The first-order valence-corrected chi connectivity index (χ1v) is 5.14. The molecule has 0 bridgehead atoms. The van der Waals surface area contributed by atoms with E-state index in [9.17, 15) is 0 Å². The van der Waals surface area contributed by atoms with Crippen molar-refractivity contribution in [3.05, 3.63) is 24.0 Å². The third-order valence-corrected chi connectivity index (χ3v) is 2.28. The number of nitrogens with one attached hydrogen (secondary N) is 1. The van der Waals surface area contributed by atoms with Gasteiger partial charge in [0, 0.05) is 37.1 Å². The number of aryl methyl sites for hydroxylation is 1. The van der Waals surface area contributed by atoms with E-state index in [-0.39, 0.29) is 5.84 Å². The van der Waals surface area contributed by atoms with E-state index >= 15 is 0 Å². The number of hydrogen-bond donors (Lipinski definition) is 2. The highest BCUT2D eigenvalue weighted by Gasteiger charge is 2.04. The average molecular weight is 206 g/mol. The summed E-state index contributed by atoms with van der Waals surface area (Å²) in [5.41, 5.74) is 7.50. The van der Waals surface area contributed by atoms with E-state index < -0.39 is 0 Å². The third-order valence-electron chi connectivity index (χ3n) is 2.28. The van der Waals surface area contributed by atoms with Crippen LogP contribution in [0.15, 0.2) is 18.3 Å². The predicted octanol–water partition coefficient (Wildman–Crippen LogP) is 1.54. The van der Waals surface area contributed by atoms with Crippen LogP contribution < -0.4 is 10.6 Å². The average Bonchev–Trinajstić information content (AvgIpc) is 2.18. The monoisotopic (exact) mass is 206 g/mol. The van der Waals surface area contributed by atoms with Crippen molar-refractivity contribution in [3.63, 3.8) is 0 Å². The van der Waals surface area contributed by atoms with E-state index in [0.29, 0.717) is 6.42 Å². The maximum atomic E-state index is 7.21. The summed E-state index contributed by atoms with van der Waals surface area (Å²) in [5, 5.41) is 7.21. The van der Waals surface area contributed by atoms with Crippen molar-refractivity contribution in [3.8, 4) is 0 Å². The molecule has 0 aliphatic rings. The number of rotatable bonds is 5. The van der Waals surface area contributed by atoms with Gasteiger partial charge >= 0.3 is 0 Å². The minimum atomic E-state index is 0.235. The molecule has 0 radical (unpaired) electrons. The number of amidine groups is 1. The zero-order valence-electron chi connectivity index (χ0n) is 9.33. The maximum Gasteiger partial charge on any atom is 0.0923 e. The molecule has 0 spiro atoms. The zero-order chi connectivity index (χ0) is 11.3. The van der Waals surface area contributed by atoms with Gasteiger partial charge in [0.05, 0.1) is 5.84 Å². The van der Waals surface area contributed by atoms with Gasteiger partial charge in [0.15, 0.2) is 0 Å². The lowest BCUT2D eigenvalue weighted by Gasteiger charge is -2.22. The first-order chi connectivity index (χ1) is 7.13. The Morgan fingerprint density at radius 2 is 2.33 bits per heavy atom. The molecule has 0 aliphatic carbocycles. The van der Waals surface area contributed by atoms with Crippen LogP contribution in [-0.2, 0) is 0 Å². The van der Waals surface area contributed by atoms with Crippen LogP contribution in [-0.4, -0.2) is 23.9 Å². The molecule has 15 heavy (non-hydrogen) atoms. The van der Waals surface area contributed by atoms with Crippen LogP contribution >= 0.6 is 0 Å². The SMILES string of the molecule is CCN(CCC(=N)N)c1ccnc(C)c1. The smallest absolute Gasteiger partial charge is 0.0923 e. The van der Waals surface area contributed by atoms with Crippen LogP contribution in [0, 0.1) is 12.3 Å². The Labute approximate surface area is 90.6 Å². The summed E-state index contributed by atoms with van der Waals surface area (Å²) in [4.78, 5) is 6.35. The Morgan fingerprint density at radius 3 is 2.87 bits per heavy atom. The molecule has 0 unspecified atom stereocenters. The Kier molecular flexibility index (Phi) is 4.09. The highest BCUT2D eigenvalue weighted by Crippen LogP contribution is 2.13. The summed E-state index contributed by atoms with van der Waals surface area (Å²) in [6.45, 7) is 5.77. The number of aromatic nitrogens is 1. The zero-order valence-corrected chi connectivity index (χ0v) is 9.33. The van der Waals surface area contributed by atoms with Crippen LogP contribution in [0.1, 0.15) is 19.0 Å². The van der Waals surface area contributed by atoms with Crippen molar-refractivity contribution >= 4 is 11.5 Å². The maximum absolute atomic E-state index is 7.21. The molecule has 0 saturated carbocycles. The molecule has 1 aromatic rings. The quantitative estimate of drug-likeness (QED) is 0.567. The second-order valence-electron chi connectivity index (χ2n) is 3.51. The molecule has 0 amide bonds. The van der Waals surface area contributed by atoms with Gasteiger partial charge in [-0.2, -0.15) is 0 Å². The van der Waals surface area contributed by atoms with Gasteiger partial charge in [-0.05, 0) is 26.0 Å². The molecular formula is C11H18N4. The van der Waals surface area contributed by atoms with Crippen molar-refractivity contribution in [1.29, 1.82) is 5.41 Å². The van der Waals surface area contributed by atoms with Crippen molar-refractivity contribution in [2.24, 2.45) is 5.73 Å². The van der Waals surface area contributed by atoms with Crippen LogP contribution in [0.2, 0.25) is 0 Å². The van der Waals surface area contributed by atoms with Crippen LogP contribution in [0.4, 0.5) is 5.69 Å². The summed E-state index contributed by atoms with van der Waals surface area (Å²) < 4.78 is 0. The lowest BCUT2D eigenvalue weighted by molar-refractivity contribution is 0.829. The highest BCUT2D eigenvalue weighted by molar-refractivity contribution is 5.77. The van der Waals surface area contributed by atoms with Crippen LogP contribution in [0.5, 0.6) is 0 Å². The number of anilines is 1. The summed E-state index contributed by atoms with van der Waals surface area (Å²) in [6, 6.07) is 4.03. The fourth-order valence-electron chi connectivity index (χ4n) is 1.45. The number of pyridine rings is 1. The van der Waals surface area contributed by atoms with E-state index in [2.05, 4.69) is 16.8 Å². The molecule has 3 N–H and O–H groups in total. The second kappa shape index (κ2) is 5.34. The first kappa shape index (κ1) is 11.5. The predicted molar refractivity (Wildman–Crippen MR) is 63.4 cm³/mol. The molecule has 1 aromatic heterocycles. The molecule has 82 valence electrons. The Hall–Kier alpha value is -1.58. The molecule has 0 fully saturated rings. The van der Waals surface area contributed by atoms with Gasteiger partial charge in [0.1, 0.15) is 0 Å².